The predicted octanol–water partition coefficient (Wildman–Crippen LogP) is 4.30. The number of nitro benzene ring substituents is 1. The average molecular weight is 480 g/mol. The molecule has 10 heteroatoms. The van der Waals surface area contributed by atoms with Crippen molar-refractivity contribution in [2.75, 3.05) is 12.1 Å². The normalized spacial score (nSPS) is 14.3. The van der Waals surface area contributed by atoms with Crippen molar-refractivity contribution < 1.29 is 24.0 Å². The second-order valence-electron chi connectivity index (χ2n) is 7.22. The van der Waals surface area contributed by atoms with E-state index >= 15 is 0 Å². The zero-order valence-electron chi connectivity index (χ0n) is 17.9. The van der Waals surface area contributed by atoms with Crippen LogP contribution in [0, 0.1) is 10.1 Å². The molecule has 9 nitrogen and oxygen atoms in total. The zero-order chi connectivity index (χ0) is 24.2. The van der Waals surface area contributed by atoms with Crippen LogP contribution in [0.3, 0.4) is 0 Å². The number of non-ortho nitro benzene ring substituents is 1. The van der Waals surface area contributed by atoms with E-state index in [0.717, 1.165) is 5.01 Å². The number of nitrogens with one attached hydrogen (secondary N) is 1. The lowest BCUT2D eigenvalue weighted by Gasteiger charge is -2.15. The lowest BCUT2D eigenvalue weighted by Crippen LogP contribution is -2.35. The van der Waals surface area contributed by atoms with Crippen molar-refractivity contribution in [3.8, 4) is 11.5 Å². The van der Waals surface area contributed by atoms with Crippen LogP contribution in [0.5, 0.6) is 11.5 Å². The lowest BCUT2D eigenvalue weighted by molar-refractivity contribution is -0.384. The second-order valence-corrected chi connectivity index (χ2v) is 7.65. The van der Waals surface area contributed by atoms with E-state index in [2.05, 4.69) is 5.43 Å². The molecule has 4 rings (SSSR count). The van der Waals surface area contributed by atoms with Gasteiger partial charge in [0.1, 0.15) is 12.2 Å². The van der Waals surface area contributed by atoms with Crippen molar-refractivity contribution in [1.82, 2.24) is 5.43 Å². The van der Waals surface area contributed by atoms with Gasteiger partial charge in [-0.05, 0) is 29.8 Å². The molecule has 0 unspecified atom stereocenters. The SMILES string of the molecule is COc1cc(Cl)cc(/C=C2\C(=O)NN(c3ccccc3)C2=O)c1OCc1cccc([N+](=O)[O-])c1. The number of nitro groups is 1. The van der Waals surface area contributed by atoms with Gasteiger partial charge in [0.25, 0.3) is 17.5 Å². The second kappa shape index (κ2) is 9.63. The summed E-state index contributed by atoms with van der Waals surface area (Å²) >= 11 is 6.22. The Labute approximate surface area is 199 Å². The fraction of sp³-hybridized carbons (Fsp3) is 0.0833. The third kappa shape index (κ3) is 4.69. The summed E-state index contributed by atoms with van der Waals surface area (Å²) in [5.74, 6) is -0.627. The molecule has 0 aromatic heterocycles. The highest BCUT2D eigenvalue weighted by molar-refractivity contribution is 6.32. The van der Waals surface area contributed by atoms with Crippen LogP contribution in [-0.4, -0.2) is 23.8 Å². The summed E-state index contributed by atoms with van der Waals surface area (Å²) in [5.41, 5.74) is 3.75. The molecule has 3 aromatic carbocycles. The lowest BCUT2D eigenvalue weighted by atomic mass is 10.1. The summed E-state index contributed by atoms with van der Waals surface area (Å²) in [6.07, 6.45) is 1.37. The molecule has 0 spiro atoms. The predicted molar refractivity (Wildman–Crippen MR) is 125 cm³/mol. The van der Waals surface area contributed by atoms with E-state index in [1.165, 1.54) is 37.5 Å². The zero-order valence-corrected chi connectivity index (χ0v) is 18.6. The van der Waals surface area contributed by atoms with Crippen LogP contribution >= 0.6 is 11.6 Å². The number of ether oxygens (including phenoxy) is 2. The number of nitrogens with zero attached hydrogens (tertiary/aromatic N) is 2. The maximum Gasteiger partial charge on any atom is 0.282 e. The van der Waals surface area contributed by atoms with Crippen molar-refractivity contribution in [3.63, 3.8) is 0 Å². The molecular weight excluding hydrogens is 462 g/mol. The number of carbonyl (C=O) groups excluding carboxylic acids is 2. The van der Waals surface area contributed by atoms with Gasteiger partial charge < -0.3 is 9.47 Å². The summed E-state index contributed by atoms with van der Waals surface area (Å²) < 4.78 is 11.3. The first-order chi connectivity index (χ1) is 16.4. The largest absolute Gasteiger partial charge is 0.493 e. The quantitative estimate of drug-likeness (QED) is 0.234. The number of rotatable bonds is 7. The van der Waals surface area contributed by atoms with Crippen molar-refractivity contribution in [2.45, 2.75) is 6.61 Å². The monoisotopic (exact) mass is 479 g/mol. The van der Waals surface area contributed by atoms with Crippen LogP contribution in [0.15, 0.2) is 72.3 Å². The molecule has 0 saturated carbocycles. The number of halogens is 1. The Morgan fingerprint density at radius 2 is 1.85 bits per heavy atom. The summed E-state index contributed by atoms with van der Waals surface area (Å²) in [7, 11) is 1.42. The highest BCUT2D eigenvalue weighted by atomic mass is 35.5. The van der Waals surface area contributed by atoms with Crippen LogP contribution < -0.4 is 19.9 Å². The molecule has 2 amide bonds. The number of amides is 2. The number of hydrazine groups is 1. The van der Waals surface area contributed by atoms with Crippen LogP contribution in [0.2, 0.25) is 5.02 Å². The van der Waals surface area contributed by atoms with Gasteiger partial charge in [0.2, 0.25) is 0 Å². The molecule has 3 aromatic rings. The molecular formula is C24H18ClN3O6. The van der Waals surface area contributed by atoms with Crippen molar-refractivity contribution in [3.05, 3.63) is 98.6 Å². The smallest absolute Gasteiger partial charge is 0.282 e. The number of hydrogen-bond donors (Lipinski definition) is 1. The van der Waals surface area contributed by atoms with Gasteiger partial charge in [-0.1, -0.05) is 41.9 Å². The Balaban J connectivity index is 1.68. The molecule has 1 N–H and O–H groups in total. The van der Waals surface area contributed by atoms with Gasteiger partial charge in [-0.15, -0.1) is 0 Å². The van der Waals surface area contributed by atoms with Gasteiger partial charge in [0.05, 0.1) is 17.7 Å². The number of benzene rings is 3. The maximum absolute atomic E-state index is 13.0. The van der Waals surface area contributed by atoms with Crippen LogP contribution in [-0.2, 0) is 16.2 Å². The Morgan fingerprint density at radius 1 is 1.09 bits per heavy atom. The molecule has 0 atom stereocenters. The Morgan fingerprint density at radius 3 is 2.56 bits per heavy atom. The Bertz CT molecular complexity index is 1310. The van der Waals surface area contributed by atoms with Crippen molar-refractivity contribution in [1.29, 1.82) is 0 Å². The molecule has 0 radical (unpaired) electrons. The highest BCUT2D eigenvalue weighted by Gasteiger charge is 2.34. The Kier molecular flexibility index (Phi) is 6.46. The molecule has 1 fully saturated rings. The van der Waals surface area contributed by atoms with E-state index in [0.29, 0.717) is 21.8 Å². The first kappa shape index (κ1) is 22.8. The van der Waals surface area contributed by atoms with E-state index in [1.807, 2.05) is 0 Å². The molecule has 172 valence electrons. The molecule has 0 bridgehead atoms. The van der Waals surface area contributed by atoms with Gasteiger partial charge in [0.15, 0.2) is 11.5 Å². The molecule has 1 saturated heterocycles. The summed E-state index contributed by atoms with van der Waals surface area (Å²) in [6.45, 7) is -0.0217. The number of carbonyl (C=O) groups is 2. The molecule has 1 heterocycles. The fourth-order valence-electron chi connectivity index (χ4n) is 3.39. The standard InChI is InChI=1S/C24H18ClN3O6/c1-33-21-13-17(25)11-16(22(21)34-14-15-6-5-9-19(10-15)28(31)32)12-20-23(29)26-27(24(20)30)18-7-3-2-4-8-18/h2-13H,14H2,1H3,(H,26,29)/b20-12+. The average Bonchev–Trinajstić information content (AvgIpc) is 3.12. The van der Waals surface area contributed by atoms with E-state index in [1.54, 1.807) is 42.5 Å². The van der Waals surface area contributed by atoms with Gasteiger partial charge in [-0.25, -0.2) is 5.01 Å². The van der Waals surface area contributed by atoms with Crippen molar-refractivity contribution in [2.24, 2.45) is 0 Å². The fourth-order valence-corrected chi connectivity index (χ4v) is 3.61. The van der Waals surface area contributed by atoms with Gasteiger partial charge in [-0.2, -0.15) is 0 Å². The Hall–Kier alpha value is -4.37. The van der Waals surface area contributed by atoms with Crippen LogP contribution in [0.1, 0.15) is 11.1 Å². The minimum absolute atomic E-state index is 0.0217. The molecule has 34 heavy (non-hydrogen) atoms. The first-order valence-electron chi connectivity index (χ1n) is 10.0. The summed E-state index contributed by atoms with van der Waals surface area (Å²) in [4.78, 5) is 36.1. The third-order valence-electron chi connectivity index (χ3n) is 4.98. The van der Waals surface area contributed by atoms with E-state index in [9.17, 15) is 19.7 Å². The minimum atomic E-state index is -0.586. The van der Waals surface area contributed by atoms with Crippen LogP contribution in [0.4, 0.5) is 11.4 Å². The third-order valence-corrected chi connectivity index (χ3v) is 5.20. The highest BCUT2D eigenvalue weighted by Crippen LogP contribution is 2.37. The van der Waals surface area contributed by atoms with E-state index in [4.69, 9.17) is 21.1 Å². The number of hydrogen-bond acceptors (Lipinski definition) is 6. The maximum atomic E-state index is 13.0. The van der Waals surface area contributed by atoms with Crippen LogP contribution in [0.25, 0.3) is 6.08 Å². The van der Waals surface area contributed by atoms with Crippen molar-refractivity contribution >= 4 is 40.9 Å². The van der Waals surface area contributed by atoms with Gasteiger partial charge in [0, 0.05) is 28.8 Å². The molecule has 1 aliphatic heterocycles. The van der Waals surface area contributed by atoms with E-state index < -0.39 is 16.7 Å². The number of methoxy groups -OCH3 is 1. The number of anilines is 1. The van der Waals surface area contributed by atoms with E-state index in [-0.39, 0.29) is 29.4 Å². The van der Waals surface area contributed by atoms with Gasteiger partial charge in [-0.3, -0.25) is 25.1 Å². The first-order valence-corrected chi connectivity index (χ1v) is 10.4. The topological polar surface area (TPSA) is 111 Å². The summed E-state index contributed by atoms with van der Waals surface area (Å²) in [5, 5.41) is 12.5. The molecule has 1 aliphatic rings. The summed E-state index contributed by atoms with van der Waals surface area (Å²) in [6, 6.07) is 17.7. The molecule has 0 aliphatic carbocycles. The minimum Gasteiger partial charge on any atom is -0.493 e. The number of para-hydroxylation sites is 1. The van der Waals surface area contributed by atoms with Gasteiger partial charge >= 0.3 is 0 Å².